The minimum atomic E-state index is -1.46. The van der Waals surface area contributed by atoms with Gasteiger partial charge in [0.25, 0.3) is 0 Å². The number of carbonyl (C=O) groups is 6. The Balaban J connectivity index is 1.54. The summed E-state index contributed by atoms with van der Waals surface area (Å²) in [6, 6.07) is 3.77. The van der Waals surface area contributed by atoms with Crippen LogP contribution in [-0.2, 0) is 41.7 Å². The van der Waals surface area contributed by atoms with Crippen LogP contribution in [0.5, 0.6) is 0 Å². The molecule has 0 spiro atoms. The van der Waals surface area contributed by atoms with E-state index < -0.39 is 59.9 Å². The zero-order valence-corrected chi connectivity index (χ0v) is 28.7. The van der Waals surface area contributed by atoms with E-state index in [9.17, 15) is 33.9 Å². The zero-order valence-electron chi connectivity index (χ0n) is 28.7. The molecule has 0 aliphatic carbocycles. The summed E-state index contributed by atoms with van der Waals surface area (Å²) in [6.07, 6.45) is 4.73. The van der Waals surface area contributed by atoms with Crippen LogP contribution < -0.4 is 26.6 Å². The average Bonchev–Trinajstić information content (AvgIpc) is 3.81. The quantitative estimate of drug-likeness (QED) is 0.196. The van der Waals surface area contributed by atoms with Gasteiger partial charge in [-0.1, -0.05) is 37.3 Å². The number of amides is 6. The van der Waals surface area contributed by atoms with Gasteiger partial charge in [-0.15, -0.1) is 0 Å². The Labute approximate surface area is 291 Å². The molecule has 2 fully saturated rings. The van der Waals surface area contributed by atoms with E-state index in [2.05, 4.69) is 36.7 Å². The molecule has 2 saturated heterocycles. The van der Waals surface area contributed by atoms with Gasteiger partial charge in [-0.3, -0.25) is 33.4 Å². The van der Waals surface area contributed by atoms with Crippen LogP contribution in [0, 0.1) is 0 Å². The molecule has 0 radical (unpaired) electrons. The first kappa shape index (κ1) is 38.0. The summed E-state index contributed by atoms with van der Waals surface area (Å²) in [4.78, 5) is 86.1. The number of fused-ring (bicyclic) bond motifs is 1. The van der Waals surface area contributed by atoms with Crippen molar-refractivity contribution in [3.63, 3.8) is 0 Å². The Hall–Kier alpha value is -4.86. The number of rotatable bonds is 9. The largest absolute Gasteiger partial charge is 0.391 e. The molecule has 16 heteroatoms. The number of nitrogens with zero attached hydrogens (tertiary/aromatic N) is 4. The third-order valence-corrected chi connectivity index (χ3v) is 8.97. The van der Waals surface area contributed by atoms with Crippen LogP contribution in [0.2, 0.25) is 0 Å². The molecule has 3 heterocycles. The molecule has 2 aliphatic heterocycles. The molecule has 16 nitrogen and oxygen atoms in total. The number of hydrogen-bond donors (Lipinski definition) is 6. The molecular formula is C34H49N9O7. The summed E-state index contributed by atoms with van der Waals surface area (Å²) >= 11 is 0. The lowest BCUT2D eigenvalue weighted by Gasteiger charge is -2.30. The smallest absolute Gasteiger partial charge is 0.246 e. The van der Waals surface area contributed by atoms with Gasteiger partial charge in [-0.25, -0.2) is 4.98 Å². The lowest BCUT2D eigenvalue weighted by atomic mass is 10.0. The highest BCUT2D eigenvalue weighted by atomic mass is 16.3. The summed E-state index contributed by atoms with van der Waals surface area (Å²) in [5, 5.41) is 28.3. The highest BCUT2D eigenvalue weighted by Gasteiger charge is 2.39. The summed E-state index contributed by atoms with van der Waals surface area (Å²) in [7, 11) is 0. The van der Waals surface area contributed by atoms with Crippen molar-refractivity contribution in [2.45, 2.75) is 114 Å². The lowest BCUT2D eigenvalue weighted by Crippen LogP contribution is -2.61. The fourth-order valence-corrected chi connectivity index (χ4v) is 6.19. The number of benzene rings is 1. The third-order valence-electron chi connectivity index (χ3n) is 8.97. The van der Waals surface area contributed by atoms with Crippen LogP contribution in [0.4, 0.5) is 0 Å². The fraction of sp³-hybridized carbons (Fsp3) is 0.588. The molecule has 6 N–H and O–H groups in total. The minimum Gasteiger partial charge on any atom is -0.391 e. The topological polar surface area (TPSA) is 217 Å². The predicted molar refractivity (Wildman–Crippen MR) is 181 cm³/mol. The first-order valence-electron chi connectivity index (χ1n) is 17.4. The molecule has 0 saturated carbocycles. The zero-order chi connectivity index (χ0) is 36.0. The van der Waals surface area contributed by atoms with Crippen molar-refractivity contribution in [2.24, 2.45) is 0 Å². The number of carbonyl (C=O) groups excluding carboxylic acids is 6. The van der Waals surface area contributed by atoms with E-state index in [4.69, 9.17) is 0 Å². The van der Waals surface area contributed by atoms with Crippen molar-refractivity contribution in [3.05, 3.63) is 48.5 Å². The van der Waals surface area contributed by atoms with E-state index in [1.807, 2.05) is 30.3 Å². The number of hydrogen-bond acceptors (Lipinski definition) is 9. The van der Waals surface area contributed by atoms with E-state index in [1.54, 1.807) is 17.9 Å². The molecule has 6 amide bonds. The summed E-state index contributed by atoms with van der Waals surface area (Å²) < 4.78 is 1.60. The van der Waals surface area contributed by atoms with Crippen LogP contribution in [-0.4, -0.2) is 110 Å². The van der Waals surface area contributed by atoms with Crippen LogP contribution in [0.25, 0.3) is 0 Å². The Morgan fingerprint density at radius 1 is 0.960 bits per heavy atom. The monoisotopic (exact) mass is 695 g/mol. The fourth-order valence-electron chi connectivity index (χ4n) is 6.19. The van der Waals surface area contributed by atoms with Crippen LogP contribution >= 0.6 is 0 Å². The second kappa shape index (κ2) is 18.8. The van der Waals surface area contributed by atoms with E-state index >= 15 is 0 Å². The van der Waals surface area contributed by atoms with Crippen LogP contribution in [0.1, 0.15) is 70.8 Å². The average molecular weight is 696 g/mol. The molecule has 2 aliphatic rings. The predicted octanol–water partition coefficient (Wildman–Crippen LogP) is -0.678. The molecule has 2 aromatic rings. The van der Waals surface area contributed by atoms with Crippen molar-refractivity contribution in [2.75, 3.05) is 13.1 Å². The Bertz CT molecular complexity index is 1450. The van der Waals surface area contributed by atoms with Crippen LogP contribution in [0.3, 0.4) is 0 Å². The standard InChI is InChI=1S/C34H49N9O7/c1-3-24-30(46)41-29(22(2)44)33(49)40-26(19-23-11-5-4-6-12-23)34(50)43-18-9-14-27(43)32(48)36-16-8-7-13-25(31(47)39-24)38-28(45)15-10-17-42-21-35-20-37-42/h4-6,11-12,20-22,24-27,29,44H,3,7-10,13-19H2,1-2H3,(H,36,48)(H,38,45)(H,39,47)(H,40,49)(H,41,46)/t22-,24+,25+,26-,27+,29+/m1/s1. The molecular weight excluding hydrogens is 646 g/mol. The molecule has 0 bridgehead atoms. The number of aromatic nitrogens is 3. The van der Waals surface area contributed by atoms with E-state index in [0.717, 1.165) is 5.56 Å². The maximum Gasteiger partial charge on any atom is 0.246 e. The number of aliphatic hydroxyl groups excluding tert-OH is 1. The highest BCUT2D eigenvalue weighted by Crippen LogP contribution is 2.20. The number of aryl methyl sites for hydroxylation is 1. The van der Waals surface area contributed by atoms with E-state index in [1.165, 1.54) is 18.2 Å². The second-order valence-corrected chi connectivity index (χ2v) is 12.8. The van der Waals surface area contributed by atoms with Crippen molar-refractivity contribution >= 4 is 35.4 Å². The van der Waals surface area contributed by atoms with Gasteiger partial charge in [-0.05, 0) is 57.4 Å². The molecule has 50 heavy (non-hydrogen) atoms. The minimum absolute atomic E-state index is 0.123. The summed E-state index contributed by atoms with van der Waals surface area (Å²) in [5.41, 5.74) is 0.771. The Kier molecular flexibility index (Phi) is 14.3. The second-order valence-electron chi connectivity index (χ2n) is 12.8. The first-order valence-corrected chi connectivity index (χ1v) is 17.4. The third kappa shape index (κ3) is 10.8. The van der Waals surface area contributed by atoms with Gasteiger partial charge in [0, 0.05) is 32.5 Å². The lowest BCUT2D eigenvalue weighted by molar-refractivity contribution is -0.142. The normalized spacial score (nSPS) is 25.1. The molecule has 0 unspecified atom stereocenters. The summed E-state index contributed by atoms with van der Waals surface area (Å²) in [5.74, 6) is -3.18. The van der Waals surface area contributed by atoms with Crippen LogP contribution in [0.15, 0.2) is 43.0 Å². The van der Waals surface area contributed by atoms with Crippen molar-refractivity contribution in [3.8, 4) is 0 Å². The van der Waals surface area contributed by atoms with Crippen molar-refractivity contribution in [1.82, 2.24) is 46.2 Å². The summed E-state index contributed by atoms with van der Waals surface area (Å²) in [6.45, 7) is 4.11. The number of nitrogens with one attached hydrogen (secondary N) is 5. The SMILES string of the molecule is CC[C@@H]1NC(=O)[C@@H](NC(=O)CCCn2cncn2)CCCCNC(=O)[C@@H]2CCCN2C(=O)[C@@H](Cc2ccccc2)NC(=O)[C@H]([C@@H](C)O)NC1=O. The van der Waals surface area contributed by atoms with Crippen molar-refractivity contribution in [1.29, 1.82) is 0 Å². The molecule has 1 aromatic carbocycles. The van der Waals surface area contributed by atoms with E-state index in [0.29, 0.717) is 45.2 Å². The maximum absolute atomic E-state index is 14.0. The van der Waals surface area contributed by atoms with Gasteiger partial charge in [0.15, 0.2) is 0 Å². The van der Waals surface area contributed by atoms with Gasteiger partial charge < -0.3 is 36.6 Å². The first-order chi connectivity index (χ1) is 24.1. The van der Waals surface area contributed by atoms with E-state index in [-0.39, 0.29) is 44.0 Å². The van der Waals surface area contributed by atoms with Gasteiger partial charge in [0.2, 0.25) is 35.4 Å². The molecule has 272 valence electrons. The Morgan fingerprint density at radius 3 is 2.42 bits per heavy atom. The van der Waals surface area contributed by atoms with Gasteiger partial charge in [-0.2, -0.15) is 5.10 Å². The Morgan fingerprint density at radius 2 is 1.72 bits per heavy atom. The molecule has 6 atom stereocenters. The van der Waals surface area contributed by atoms with Gasteiger partial charge in [0.1, 0.15) is 42.9 Å². The van der Waals surface area contributed by atoms with Gasteiger partial charge >= 0.3 is 0 Å². The number of aliphatic hydroxyl groups is 1. The van der Waals surface area contributed by atoms with Gasteiger partial charge in [0.05, 0.1) is 6.10 Å². The molecule has 4 rings (SSSR count). The highest BCUT2D eigenvalue weighted by molar-refractivity contribution is 5.97. The van der Waals surface area contributed by atoms with Crippen molar-refractivity contribution < 1.29 is 33.9 Å². The maximum atomic E-state index is 14.0. The molecule has 1 aromatic heterocycles.